The van der Waals surface area contributed by atoms with Crippen LogP contribution in [0.25, 0.3) is 0 Å². The highest BCUT2D eigenvalue weighted by atomic mass is 16.6. The molecule has 40 heavy (non-hydrogen) atoms. The number of carbonyl (C=O) groups excluding carboxylic acids is 2. The number of aliphatic hydroxyl groups excluding tert-OH is 1. The molecule has 238 valence electrons. The molecule has 5 heteroatoms. The third-order valence-corrected chi connectivity index (χ3v) is 7.77. The fourth-order valence-corrected chi connectivity index (χ4v) is 5.09. The Labute approximate surface area is 248 Å². The van der Waals surface area contributed by atoms with E-state index in [0.717, 1.165) is 38.0 Å². The van der Waals surface area contributed by atoms with Gasteiger partial charge in [0.15, 0.2) is 0 Å². The number of ether oxygens (including phenoxy) is 2. The SMILES string of the molecule is CCCCCCCCCCCC(=O)OC[C@H](O)COC(=O)CCCCCCCCCCCCCCCCC(C)C. The molecule has 0 aliphatic carbocycles. The molecule has 1 atom stereocenters. The number of esters is 2. The molecule has 0 spiro atoms. The Balaban J connectivity index is 3.38. The van der Waals surface area contributed by atoms with Crippen LogP contribution in [0.15, 0.2) is 0 Å². The van der Waals surface area contributed by atoms with Crippen molar-refractivity contribution < 1.29 is 24.2 Å². The maximum Gasteiger partial charge on any atom is 0.305 e. The summed E-state index contributed by atoms with van der Waals surface area (Å²) in [5, 5.41) is 9.94. The number of carbonyl (C=O) groups is 2. The van der Waals surface area contributed by atoms with Crippen molar-refractivity contribution in [1.29, 1.82) is 0 Å². The molecular weight excluding hydrogens is 500 g/mol. The van der Waals surface area contributed by atoms with Crippen LogP contribution in [0.5, 0.6) is 0 Å². The summed E-state index contributed by atoms with van der Waals surface area (Å²) in [6, 6.07) is 0. The monoisotopic (exact) mass is 569 g/mol. The Morgan fingerprint density at radius 2 is 0.800 bits per heavy atom. The van der Waals surface area contributed by atoms with Crippen LogP contribution in [0.2, 0.25) is 0 Å². The van der Waals surface area contributed by atoms with Gasteiger partial charge in [-0.1, -0.05) is 162 Å². The minimum Gasteiger partial charge on any atom is -0.463 e. The van der Waals surface area contributed by atoms with Gasteiger partial charge in [0.05, 0.1) is 0 Å². The van der Waals surface area contributed by atoms with Crippen molar-refractivity contribution in [3.63, 3.8) is 0 Å². The second-order valence-corrected chi connectivity index (χ2v) is 12.5. The minimum atomic E-state index is -0.953. The van der Waals surface area contributed by atoms with E-state index in [9.17, 15) is 14.7 Å². The molecule has 0 aliphatic rings. The van der Waals surface area contributed by atoms with Crippen molar-refractivity contribution in [2.45, 2.75) is 194 Å². The molecule has 0 saturated carbocycles. The summed E-state index contributed by atoms with van der Waals surface area (Å²) in [5.41, 5.74) is 0. The molecule has 0 heterocycles. The van der Waals surface area contributed by atoms with E-state index in [0.29, 0.717) is 12.8 Å². The zero-order valence-electron chi connectivity index (χ0n) is 27.0. The summed E-state index contributed by atoms with van der Waals surface area (Å²) in [5.74, 6) is 0.294. The zero-order chi connectivity index (χ0) is 29.5. The average Bonchev–Trinajstić information content (AvgIpc) is 2.93. The number of unbranched alkanes of at least 4 members (excludes halogenated alkanes) is 21. The Morgan fingerprint density at radius 1 is 0.500 bits per heavy atom. The average molecular weight is 569 g/mol. The minimum absolute atomic E-state index is 0.109. The van der Waals surface area contributed by atoms with E-state index in [1.165, 1.54) is 122 Å². The largest absolute Gasteiger partial charge is 0.463 e. The predicted molar refractivity (Wildman–Crippen MR) is 168 cm³/mol. The van der Waals surface area contributed by atoms with Gasteiger partial charge in [0.25, 0.3) is 0 Å². The fourth-order valence-electron chi connectivity index (χ4n) is 5.09. The summed E-state index contributed by atoms with van der Waals surface area (Å²) >= 11 is 0. The second-order valence-electron chi connectivity index (χ2n) is 12.5. The van der Waals surface area contributed by atoms with Crippen LogP contribution in [0.3, 0.4) is 0 Å². The van der Waals surface area contributed by atoms with Gasteiger partial charge >= 0.3 is 11.9 Å². The lowest BCUT2D eigenvalue weighted by Crippen LogP contribution is -2.25. The Kier molecular flexibility index (Phi) is 30.0. The molecule has 0 aromatic heterocycles. The van der Waals surface area contributed by atoms with E-state index in [-0.39, 0.29) is 25.2 Å². The summed E-state index contributed by atoms with van der Waals surface area (Å²) in [4.78, 5) is 23.7. The highest BCUT2D eigenvalue weighted by molar-refractivity contribution is 5.69. The molecule has 0 aliphatic heterocycles. The molecule has 0 fully saturated rings. The van der Waals surface area contributed by atoms with Gasteiger partial charge in [-0.2, -0.15) is 0 Å². The number of rotatable bonds is 31. The van der Waals surface area contributed by atoms with Gasteiger partial charge in [-0.3, -0.25) is 9.59 Å². The topological polar surface area (TPSA) is 72.8 Å². The summed E-state index contributed by atoms with van der Waals surface area (Å²) in [7, 11) is 0. The normalized spacial score (nSPS) is 12.1. The van der Waals surface area contributed by atoms with Crippen LogP contribution in [0, 0.1) is 5.92 Å². The fraction of sp³-hybridized carbons (Fsp3) is 0.943. The highest BCUT2D eigenvalue weighted by Gasteiger charge is 2.12. The molecule has 0 saturated heterocycles. The smallest absolute Gasteiger partial charge is 0.305 e. The van der Waals surface area contributed by atoms with Crippen LogP contribution in [0.4, 0.5) is 0 Å². The molecule has 0 bridgehead atoms. The Bertz CT molecular complexity index is 548. The number of hydrogen-bond donors (Lipinski definition) is 1. The van der Waals surface area contributed by atoms with Crippen molar-refractivity contribution in [2.24, 2.45) is 5.92 Å². The molecule has 5 nitrogen and oxygen atoms in total. The van der Waals surface area contributed by atoms with E-state index in [4.69, 9.17) is 9.47 Å². The molecular formula is C35H68O5. The van der Waals surface area contributed by atoms with Crippen molar-refractivity contribution in [3.05, 3.63) is 0 Å². The lowest BCUT2D eigenvalue weighted by molar-refractivity contribution is -0.152. The van der Waals surface area contributed by atoms with Gasteiger partial charge in [0.1, 0.15) is 19.3 Å². The third-order valence-electron chi connectivity index (χ3n) is 7.77. The predicted octanol–water partition coefficient (Wildman–Crippen LogP) is 10.3. The van der Waals surface area contributed by atoms with Gasteiger partial charge in [-0.05, 0) is 18.8 Å². The van der Waals surface area contributed by atoms with Crippen molar-refractivity contribution in [1.82, 2.24) is 0 Å². The molecule has 0 unspecified atom stereocenters. The standard InChI is InChI=1S/C35H68O5/c1-4-5-6-7-8-15-19-22-25-28-34(37)39-30-33(36)31-40-35(38)29-26-23-20-17-14-12-10-9-11-13-16-18-21-24-27-32(2)3/h32-33,36H,4-31H2,1-3H3/t33-/m0/s1. The van der Waals surface area contributed by atoms with E-state index >= 15 is 0 Å². The lowest BCUT2D eigenvalue weighted by Gasteiger charge is -2.12. The quantitative estimate of drug-likeness (QED) is 0.0665. The first-order valence-corrected chi connectivity index (χ1v) is 17.4. The van der Waals surface area contributed by atoms with Gasteiger partial charge in [0.2, 0.25) is 0 Å². The maximum atomic E-state index is 11.9. The molecule has 0 rings (SSSR count). The van der Waals surface area contributed by atoms with Crippen molar-refractivity contribution in [2.75, 3.05) is 13.2 Å². The van der Waals surface area contributed by atoms with Crippen molar-refractivity contribution >= 4 is 11.9 Å². The van der Waals surface area contributed by atoms with Crippen LogP contribution in [-0.4, -0.2) is 36.4 Å². The van der Waals surface area contributed by atoms with E-state index in [1.807, 2.05) is 0 Å². The van der Waals surface area contributed by atoms with E-state index in [2.05, 4.69) is 20.8 Å². The van der Waals surface area contributed by atoms with Crippen LogP contribution >= 0.6 is 0 Å². The van der Waals surface area contributed by atoms with Gasteiger partial charge < -0.3 is 14.6 Å². The second kappa shape index (κ2) is 30.8. The lowest BCUT2D eigenvalue weighted by atomic mass is 10.0. The van der Waals surface area contributed by atoms with Crippen molar-refractivity contribution in [3.8, 4) is 0 Å². The maximum absolute atomic E-state index is 11.9. The first-order valence-electron chi connectivity index (χ1n) is 17.4. The summed E-state index contributed by atoms with van der Waals surface area (Å²) < 4.78 is 10.3. The molecule has 0 aromatic rings. The summed E-state index contributed by atoms with van der Waals surface area (Å²) in [6.45, 7) is 6.64. The third kappa shape index (κ3) is 31.4. The van der Waals surface area contributed by atoms with Crippen LogP contribution in [0.1, 0.15) is 188 Å². The molecule has 1 N–H and O–H groups in total. The zero-order valence-corrected chi connectivity index (χ0v) is 27.0. The number of hydrogen-bond acceptors (Lipinski definition) is 5. The first kappa shape index (κ1) is 38.9. The van der Waals surface area contributed by atoms with Crippen LogP contribution in [-0.2, 0) is 19.1 Å². The highest BCUT2D eigenvalue weighted by Crippen LogP contribution is 2.15. The Morgan fingerprint density at radius 3 is 1.12 bits per heavy atom. The molecule has 0 radical (unpaired) electrons. The van der Waals surface area contributed by atoms with Gasteiger partial charge in [-0.25, -0.2) is 0 Å². The summed E-state index contributed by atoms with van der Waals surface area (Å²) in [6.07, 6.45) is 30.1. The Hall–Kier alpha value is -1.10. The molecule has 0 amide bonds. The van der Waals surface area contributed by atoms with Crippen LogP contribution < -0.4 is 0 Å². The van der Waals surface area contributed by atoms with E-state index in [1.54, 1.807) is 0 Å². The molecule has 0 aromatic carbocycles. The first-order chi connectivity index (χ1) is 19.5. The van der Waals surface area contributed by atoms with Gasteiger partial charge in [0, 0.05) is 12.8 Å². The van der Waals surface area contributed by atoms with E-state index < -0.39 is 6.10 Å². The van der Waals surface area contributed by atoms with Gasteiger partial charge in [-0.15, -0.1) is 0 Å². The number of aliphatic hydroxyl groups is 1.